The Labute approximate surface area is 718 Å². The average molecular weight is 1630 g/mol. The molecule has 0 spiro atoms. The molecule has 28 rings (SSSR count). The predicted octanol–water partition coefficient (Wildman–Crippen LogP) is 26.4. The monoisotopic (exact) mass is 1630 g/mol. The van der Waals surface area contributed by atoms with Crippen molar-refractivity contribution in [3.8, 4) is 56.9 Å². The first-order valence-corrected chi connectivity index (χ1v) is 42.5. The fourth-order valence-electron chi connectivity index (χ4n) is 19.3. The number of fused-ring (bicyclic) bond motifs is 24. The van der Waals surface area contributed by atoms with Crippen LogP contribution in [0.1, 0.15) is 0 Å². The molecule has 0 aliphatic heterocycles. The highest BCUT2D eigenvalue weighted by atomic mass is 32.1. The minimum atomic E-state index is 0.651. The van der Waals surface area contributed by atoms with Crippen LogP contribution in [0.3, 0.4) is 0 Å². The van der Waals surface area contributed by atoms with Gasteiger partial charge < -0.3 is 8.98 Å². The third-order valence-electron chi connectivity index (χ3n) is 24.7. The van der Waals surface area contributed by atoms with Gasteiger partial charge in [0.15, 0.2) is 17.5 Å². The van der Waals surface area contributed by atoms with E-state index in [4.69, 9.17) is 64.9 Å². The molecule has 18 heteroatoms. The zero-order valence-electron chi connectivity index (χ0n) is 66.8. The van der Waals surface area contributed by atoms with E-state index >= 15 is 0 Å². The van der Waals surface area contributed by atoms with Crippen molar-refractivity contribution in [1.29, 1.82) is 0 Å². The molecule has 0 aliphatic carbocycles. The molecule has 16 aromatic carbocycles. The summed E-state index contributed by atoms with van der Waals surface area (Å²) in [6, 6.07) is 118. The maximum atomic E-state index is 6.15. The maximum absolute atomic E-state index is 6.15. The predicted molar refractivity (Wildman–Crippen MR) is 512 cm³/mol. The van der Waals surface area contributed by atoms with Crippen molar-refractivity contribution in [3.63, 3.8) is 0 Å². The van der Waals surface area contributed by atoms with E-state index in [2.05, 4.69) is 322 Å². The molecule has 126 heavy (non-hydrogen) atoms. The van der Waals surface area contributed by atoms with Crippen molar-refractivity contribution in [2.45, 2.75) is 0 Å². The number of nitrogens with zero attached hydrogens (tertiary/aromatic N) is 16. The first-order valence-electron chi connectivity index (χ1n) is 41.6. The summed E-state index contributed by atoms with van der Waals surface area (Å²) >= 11 is 1.79. The van der Waals surface area contributed by atoms with E-state index in [1.165, 1.54) is 57.9 Å². The molecule has 0 fully saturated rings. The number of hydrogen-bond donors (Lipinski definition) is 0. The van der Waals surface area contributed by atoms with E-state index in [1.54, 1.807) is 48.5 Å². The lowest BCUT2D eigenvalue weighted by atomic mass is 10.0. The minimum absolute atomic E-state index is 0.651. The van der Waals surface area contributed by atoms with Crippen LogP contribution in [0, 0.1) is 0 Å². The maximum Gasteiger partial charge on any atom is 0.188 e. The van der Waals surface area contributed by atoms with Gasteiger partial charge in [-0.05, 0) is 135 Å². The smallest absolute Gasteiger partial charge is 0.188 e. The van der Waals surface area contributed by atoms with Crippen LogP contribution < -0.4 is 0 Å². The summed E-state index contributed by atoms with van der Waals surface area (Å²) in [5.41, 5.74) is 20.6. The molecule has 0 amide bonds. The Balaban J connectivity index is 0.000000101. The van der Waals surface area contributed by atoms with Gasteiger partial charge in [-0.3, -0.25) is 28.7 Å². The second-order valence-corrected chi connectivity index (χ2v) is 32.6. The zero-order valence-corrected chi connectivity index (χ0v) is 67.6. The molecule has 0 saturated heterocycles. The molecule has 28 aromatic rings. The SMILES string of the molecule is c1ccc(-n2c3ccccc3c3c(-c4nnc(-n5c6ccccc6c6cc7ccccc7cc65)c5nccnc45)cccc32)cc1.c1ccc2cc3c(cc2c1)c1ccccc1n3-c1nnc(-c2cccc3oc4ccccc4c23)c2nccnc12.c1ccc2cc3c(cc2c1)c1ccccc1n3-c1nnc(-c2cccc3sc4ccccc4c23)c2nccnc12. The second kappa shape index (κ2) is 28.2. The third-order valence-corrected chi connectivity index (χ3v) is 25.8. The van der Waals surface area contributed by atoms with Crippen LogP contribution in [-0.4, -0.2) is 78.8 Å². The Morgan fingerprint density at radius 1 is 0.206 bits per heavy atom. The highest BCUT2D eigenvalue weighted by molar-refractivity contribution is 7.26. The van der Waals surface area contributed by atoms with Crippen molar-refractivity contribution in [3.05, 3.63) is 377 Å². The molecule has 0 N–H and O–H groups in total. The summed E-state index contributed by atoms with van der Waals surface area (Å²) in [5.74, 6) is 1.99. The molecule has 12 aromatic heterocycles. The van der Waals surface area contributed by atoms with E-state index in [9.17, 15) is 0 Å². The van der Waals surface area contributed by atoms with Crippen LogP contribution in [-0.2, 0) is 0 Å². The Kier molecular flexibility index (Phi) is 15.8. The standard InChI is InChI=1S/C40H24N6.C34H19N5O.C34H19N5S/c1-2-13-27(14-3-1)45-33-19-9-7-16-29(33)36-30(17-10-20-34(36)45)37-38-39(42-22-21-41-38)40(44-43-37)46-32-18-8-6-15-28(32)31-23-25-11-4-5-12-26(25)24-35(31)46;2*1-2-9-21-19-27-25(18-20(21)8-1)22-10-3-5-13-26(22)39(27)34-33-32(35-16-17-36-33)31(37-38-34)24-12-7-15-29-30(24)23-11-4-6-14-28(23)40-29/h1-24H;2*1-19H. The molecule has 12 heterocycles. The van der Waals surface area contributed by atoms with Gasteiger partial charge >= 0.3 is 0 Å². The Morgan fingerprint density at radius 2 is 0.540 bits per heavy atom. The fourth-order valence-corrected chi connectivity index (χ4v) is 20.4. The van der Waals surface area contributed by atoms with Gasteiger partial charge in [0.05, 0.1) is 44.1 Å². The van der Waals surface area contributed by atoms with Crippen molar-refractivity contribution in [2.75, 3.05) is 0 Å². The lowest BCUT2D eigenvalue weighted by molar-refractivity contribution is 0.669. The Hall–Kier alpha value is -17.2. The molecule has 0 saturated carbocycles. The third kappa shape index (κ3) is 10.9. The molecule has 0 radical (unpaired) electrons. The van der Waals surface area contributed by atoms with Gasteiger partial charge in [-0.2, -0.15) is 0 Å². The van der Waals surface area contributed by atoms with Gasteiger partial charge in [0.2, 0.25) is 0 Å². The average Bonchev–Trinajstić information content (AvgIpc) is 1.54. The van der Waals surface area contributed by atoms with Crippen LogP contribution in [0.25, 0.3) is 252 Å². The van der Waals surface area contributed by atoms with E-state index < -0.39 is 0 Å². The summed E-state index contributed by atoms with van der Waals surface area (Å²) in [5, 5.41) is 50.2. The number of furan rings is 1. The fraction of sp³-hybridized carbons (Fsp3) is 0. The van der Waals surface area contributed by atoms with Crippen LogP contribution in [0.2, 0.25) is 0 Å². The van der Waals surface area contributed by atoms with Crippen molar-refractivity contribution < 1.29 is 4.42 Å². The first kappa shape index (κ1) is 70.6. The normalized spacial score (nSPS) is 12.0. The van der Waals surface area contributed by atoms with Gasteiger partial charge in [-0.25, -0.2) is 15.0 Å². The van der Waals surface area contributed by atoms with Crippen molar-refractivity contribution in [1.82, 2.24) is 78.8 Å². The number of benzene rings is 16. The number of rotatable bonds is 7. The molecule has 0 bridgehead atoms. The zero-order chi connectivity index (χ0) is 82.6. The van der Waals surface area contributed by atoms with Crippen molar-refractivity contribution >= 4 is 206 Å². The van der Waals surface area contributed by atoms with E-state index in [0.717, 1.165) is 143 Å². The minimum Gasteiger partial charge on any atom is -0.456 e. The van der Waals surface area contributed by atoms with E-state index in [1.807, 2.05) is 36.4 Å². The van der Waals surface area contributed by atoms with Crippen molar-refractivity contribution in [2.24, 2.45) is 0 Å². The number of aromatic nitrogens is 16. The topological polar surface area (TPSA) is 188 Å². The molecular weight excluding hydrogens is 1570 g/mol. The summed E-state index contributed by atoms with van der Waals surface area (Å²) < 4.78 is 17.5. The van der Waals surface area contributed by atoms with Gasteiger partial charge in [0.1, 0.15) is 61.3 Å². The number of hydrogen-bond acceptors (Lipinski definition) is 14. The quantitative estimate of drug-likeness (QED) is 0.147. The van der Waals surface area contributed by atoms with Crippen LogP contribution in [0.4, 0.5) is 0 Å². The van der Waals surface area contributed by atoms with Gasteiger partial charge in [0.25, 0.3) is 0 Å². The van der Waals surface area contributed by atoms with Gasteiger partial charge in [0, 0.05) is 134 Å². The largest absolute Gasteiger partial charge is 0.456 e. The molecular formula is C108H62N16OS. The van der Waals surface area contributed by atoms with Crippen LogP contribution >= 0.6 is 11.3 Å². The lowest BCUT2D eigenvalue weighted by Gasteiger charge is -2.12. The number of para-hydroxylation sites is 6. The van der Waals surface area contributed by atoms with E-state index in [-0.39, 0.29) is 0 Å². The first-order chi connectivity index (χ1) is 62.5. The number of thiophene rings is 1. The molecule has 0 unspecified atom stereocenters. The Bertz CT molecular complexity index is 9090. The van der Waals surface area contributed by atoms with Crippen LogP contribution in [0.15, 0.2) is 381 Å². The summed E-state index contributed by atoms with van der Waals surface area (Å²) in [4.78, 5) is 29.1. The summed E-state index contributed by atoms with van der Waals surface area (Å²) in [6.45, 7) is 0. The molecule has 0 aliphatic rings. The summed E-state index contributed by atoms with van der Waals surface area (Å²) in [7, 11) is 0. The lowest BCUT2D eigenvalue weighted by Crippen LogP contribution is -2.04. The molecule has 17 nitrogen and oxygen atoms in total. The highest BCUT2D eigenvalue weighted by Crippen LogP contribution is 2.47. The molecule has 586 valence electrons. The molecule has 0 atom stereocenters. The Morgan fingerprint density at radius 3 is 1.02 bits per heavy atom. The second-order valence-electron chi connectivity index (χ2n) is 31.5. The van der Waals surface area contributed by atoms with Gasteiger partial charge in [-0.15, -0.1) is 41.9 Å². The highest BCUT2D eigenvalue weighted by Gasteiger charge is 2.28. The van der Waals surface area contributed by atoms with Crippen LogP contribution in [0.5, 0.6) is 0 Å². The van der Waals surface area contributed by atoms with Gasteiger partial charge in [-0.1, -0.05) is 237 Å². The summed E-state index contributed by atoms with van der Waals surface area (Å²) in [6.07, 6.45) is 10.4. The van der Waals surface area contributed by atoms with E-state index in [0.29, 0.717) is 50.9 Å².